The molecule has 0 N–H and O–H groups in total. The molecular weight excluding hydrogens is 216 g/mol. The molecule has 0 amide bonds. The number of carbonyl (C=O) groups is 3. The van der Waals surface area contributed by atoms with Crippen LogP contribution in [-0.2, 0) is 4.79 Å². The molecule has 0 fully saturated rings. The van der Waals surface area contributed by atoms with Crippen LogP contribution in [0.2, 0.25) is 0 Å². The van der Waals surface area contributed by atoms with Crippen molar-refractivity contribution >= 4 is 28.4 Å². The summed E-state index contributed by atoms with van der Waals surface area (Å²) in [5.41, 5.74) is 0.788. The summed E-state index contributed by atoms with van der Waals surface area (Å²) in [4.78, 5) is 34.1. The molecule has 4 heteroatoms. The Morgan fingerprint density at radius 3 is 2.00 bits per heavy atom. The quantitative estimate of drug-likeness (QED) is 0.567. The second kappa shape index (κ2) is 3.59. The van der Waals surface area contributed by atoms with Gasteiger partial charge in [0.15, 0.2) is 11.6 Å². The highest BCUT2D eigenvalue weighted by atomic mass is 35.5. The number of halogens is 1. The minimum Gasteiger partial charge on any atom is -0.293 e. The fourth-order valence-corrected chi connectivity index (χ4v) is 1.91. The van der Waals surface area contributed by atoms with E-state index in [1.165, 1.54) is 0 Å². The van der Waals surface area contributed by atoms with Crippen molar-refractivity contribution in [1.29, 1.82) is 0 Å². The molecular formula is C11H7ClO3. The van der Waals surface area contributed by atoms with E-state index in [-0.39, 0.29) is 18.0 Å². The van der Waals surface area contributed by atoms with Crippen molar-refractivity contribution in [2.75, 3.05) is 0 Å². The second-order valence-corrected chi connectivity index (χ2v) is 3.81. The molecule has 0 aromatic heterocycles. The molecule has 0 aliphatic heterocycles. The maximum atomic E-state index is 11.7. The SMILES string of the molecule is O=C(Cl)CC1C(=O)c2ccccc2C1=O. The number of carbonyl (C=O) groups excluding carboxylic acids is 3. The Morgan fingerprint density at radius 1 is 1.13 bits per heavy atom. The van der Waals surface area contributed by atoms with Gasteiger partial charge in [0.25, 0.3) is 0 Å². The fraction of sp³-hybridized carbons (Fsp3) is 0.182. The zero-order valence-electron chi connectivity index (χ0n) is 7.70. The van der Waals surface area contributed by atoms with Crippen LogP contribution in [0.25, 0.3) is 0 Å². The van der Waals surface area contributed by atoms with E-state index in [1.54, 1.807) is 24.3 Å². The van der Waals surface area contributed by atoms with Gasteiger partial charge >= 0.3 is 0 Å². The van der Waals surface area contributed by atoms with Crippen molar-refractivity contribution in [2.24, 2.45) is 5.92 Å². The Hall–Kier alpha value is -1.48. The molecule has 0 unspecified atom stereocenters. The zero-order chi connectivity index (χ0) is 11.0. The Morgan fingerprint density at radius 2 is 1.60 bits per heavy atom. The topological polar surface area (TPSA) is 51.2 Å². The predicted molar refractivity (Wildman–Crippen MR) is 54.1 cm³/mol. The standard InChI is InChI=1S/C11H7ClO3/c12-9(13)5-8-10(14)6-3-1-2-4-7(6)11(8)15/h1-4,8H,5H2. The van der Waals surface area contributed by atoms with Crippen molar-refractivity contribution in [3.63, 3.8) is 0 Å². The summed E-state index contributed by atoms with van der Waals surface area (Å²) in [6, 6.07) is 6.56. The molecule has 1 aliphatic carbocycles. The number of fused-ring (bicyclic) bond motifs is 1. The van der Waals surface area contributed by atoms with E-state index in [0.717, 1.165) is 0 Å². The van der Waals surface area contributed by atoms with Crippen LogP contribution in [0.4, 0.5) is 0 Å². The Bertz CT molecular complexity index is 430. The third-order valence-corrected chi connectivity index (χ3v) is 2.61. The van der Waals surface area contributed by atoms with E-state index in [1.807, 2.05) is 0 Å². The van der Waals surface area contributed by atoms with Gasteiger partial charge in [-0.1, -0.05) is 24.3 Å². The largest absolute Gasteiger partial charge is 0.293 e. The molecule has 0 saturated carbocycles. The smallest absolute Gasteiger partial charge is 0.222 e. The lowest BCUT2D eigenvalue weighted by Crippen LogP contribution is -2.17. The zero-order valence-corrected chi connectivity index (χ0v) is 8.45. The van der Waals surface area contributed by atoms with Crippen LogP contribution in [0.3, 0.4) is 0 Å². The van der Waals surface area contributed by atoms with Crippen LogP contribution >= 0.6 is 11.6 Å². The summed E-state index contributed by atoms with van der Waals surface area (Å²) in [7, 11) is 0. The summed E-state index contributed by atoms with van der Waals surface area (Å²) in [5.74, 6) is -1.51. The molecule has 0 saturated heterocycles. The fourth-order valence-electron chi connectivity index (χ4n) is 1.75. The Balaban J connectivity index is 2.41. The molecule has 1 aliphatic rings. The van der Waals surface area contributed by atoms with Gasteiger partial charge in [0.1, 0.15) is 0 Å². The molecule has 3 nitrogen and oxygen atoms in total. The van der Waals surface area contributed by atoms with E-state index in [0.29, 0.717) is 11.1 Å². The minimum atomic E-state index is -0.910. The number of ketones is 2. The number of hydrogen-bond acceptors (Lipinski definition) is 3. The van der Waals surface area contributed by atoms with Gasteiger partial charge in [-0.3, -0.25) is 14.4 Å². The van der Waals surface area contributed by atoms with Gasteiger partial charge in [0.05, 0.1) is 5.92 Å². The lowest BCUT2D eigenvalue weighted by atomic mass is 10.0. The van der Waals surface area contributed by atoms with Crippen LogP contribution in [0.5, 0.6) is 0 Å². The van der Waals surface area contributed by atoms with E-state index in [2.05, 4.69) is 0 Å². The maximum absolute atomic E-state index is 11.7. The van der Waals surface area contributed by atoms with Crippen LogP contribution in [-0.4, -0.2) is 16.8 Å². The summed E-state index contributed by atoms with van der Waals surface area (Å²) in [5, 5.41) is -0.658. The number of Topliss-reactive ketones (excluding diaryl/α,β-unsaturated/α-hetero) is 2. The molecule has 0 radical (unpaired) electrons. The molecule has 1 aromatic carbocycles. The Labute approximate surface area is 91.0 Å². The third-order valence-electron chi connectivity index (χ3n) is 2.46. The van der Waals surface area contributed by atoms with Crippen molar-refractivity contribution in [2.45, 2.75) is 6.42 Å². The minimum absolute atomic E-state index is 0.214. The van der Waals surface area contributed by atoms with Gasteiger partial charge in [-0.05, 0) is 11.6 Å². The lowest BCUT2D eigenvalue weighted by Gasteiger charge is -2.00. The summed E-state index contributed by atoms with van der Waals surface area (Å²) < 4.78 is 0. The average Bonchev–Trinajstić information content (AvgIpc) is 2.44. The first-order valence-corrected chi connectivity index (χ1v) is 4.85. The first-order chi connectivity index (χ1) is 7.11. The lowest BCUT2D eigenvalue weighted by molar-refractivity contribution is -0.112. The molecule has 0 heterocycles. The van der Waals surface area contributed by atoms with Gasteiger partial charge < -0.3 is 0 Å². The number of hydrogen-bond donors (Lipinski definition) is 0. The summed E-state index contributed by atoms with van der Waals surface area (Å²) in [6.07, 6.45) is -0.214. The second-order valence-electron chi connectivity index (χ2n) is 3.39. The first kappa shape index (κ1) is 10.1. The van der Waals surface area contributed by atoms with Crippen molar-refractivity contribution in [3.05, 3.63) is 35.4 Å². The molecule has 15 heavy (non-hydrogen) atoms. The van der Waals surface area contributed by atoms with Gasteiger partial charge in [0.2, 0.25) is 5.24 Å². The molecule has 0 spiro atoms. The highest BCUT2D eigenvalue weighted by Crippen LogP contribution is 2.29. The summed E-state index contributed by atoms with van der Waals surface area (Å²) >= 11 is 5.19. The Kier molecular flexibility index (Phi) is 2.40. The first-order valence-electron chi connectivity index (χ1n) is 4.47. The maximum Gasteiger partial charge on any atom is 0.222 e. The monoisotopic (exact) mass is 222 g/mol. The molecule has 0 bridgehead atoms. The number of benzene rings is 1. The van der Waals surface area contributed by atoms with Crippen LogP contribution in [0, 0.1) is 5.92 Å². The number of rotatable bonds is 2. The summed E-state index contributed by atoms with van der Waals surface area (Å²) in [6.45, 7) is 0. The normalized spacial score (nSPS) is 15.5. The van der Waals surface area contributed by atoms with E-state index in [4.69, 9.17) is 11.6 Å². The van der Waals surface area contributed by atoms with E-state index < -0.39 is 11.2 Å². The van der Waals surface area contributed by atoms with Crippen molar-refractivity contribution < 1.29 is 14.4 Å². The van der Waals surface area contributed by atoms with Crippen LogP contribution in [0.1, 0.15) is 27.1 Å². The predicted octanol–water partition coefficient (Wildman–Crippen LogP) is 1.84. The van der Waals surface area contributed by atoms with E-state index >= 15 is 0 Å². The molecule has 76 valence electrons. The molecule has 2 rings (SSSR count). The van der Waals surface area contributed by atoms with E-state index in [9.17, 15) is 14.4 Å². The highest BCUT2D eigenvalue weighted by molar-refractivity contribution is 6.64. The molecule has 1 aromatic rings. The van der Waals surface area contributed by atoms with Gasteiger partial charge in [0, 0.05) is 17.5 Å². The third kappa shape index (κ3) is 1.59. The van der Waals surface area contributed by atoms with Crippen LogP contribution in [0.15, 0.2) is 24.3 Å². The van der Waals surface area contributed by atoms with Crippen LogP contribution < -0.4 is 0 Å². The van der Waals surface area contributed by atoms with Gasteiger partial charge in [-0.25, -0.2) is 0 Å². The van der Waals surface area contributed by atoms with Crippen molar-refractivity contribution in [1.82, 2.24) is 0 Å². The molecule has 0 atom stereocenters. The van der Waals surface area contributed by atoms with Gasteiger partial charge in [-0.15, -0.1) is 0 Å². The van der Waals surface area contributed by atoms with Gasteiger partial charge in [-0.2, -0.15) is 0 Å². The average molecular weight is 223 g/mol. The highest BCUT2D eigenvalue weighted by Gasteiger charge is 2.38. The van der Waals surface area contributed by atoms with Crippen molar-refractivity contribution in [3.8, 4) is 0 Å².